The molecule has 138 valence electrons. The maximum absolute atomic E-state index is 12.6. The standard InChI is InChI=1S/C20H26N4O2/c1-16(25)24(12-9-21)15-19(14-22)20(26)23-10-7-18(8-11-23)13-17-5-3-2-4-6-17/h2-6,15,18H,7-13,21H2,1H3/b19-15-. The first-order chi connectivity index (χ1) is 12.5. The molecule has 2 rings (SSSR count). The van der Waals surface area contributed by atoms with Gasteiger partial charge >= 0.3 is 0 Å². The van der Waals surface area contributed by atoms with Gasteiger partial charge in [0, 0.05) is 39.3 Å². The predicted octanol–water partition coefficient (Wildman–Crippen LogP) is 1.68. The number of hydrogen-bond donors (Lipinski definition) is 1. The zero-order valence-corrected chi connectivity index (χ0v) is 15.2. The SMILES string of the molecule is CC(=O)N(/C=C(/C#N)C(=O)N1CCC(Cc2ccccc2)CC1)CCN. The second kappa shape index (κ2) is 9.73. The van der Waals surface area contributed by atoms with E-state index < -0.39 is 0 Å². The Morgan fingerprint density at radius 1 is 1.31 bits per heavy atom. The largest absolute Gasteiger partial charge is 0.338 e. The molecule has 1 aromatic carbocycles. The fourth-order valence-electron chi connectivity index (χ4n) is 3.20. The lowest BCUT2D eigenvalue weighted by atomic mass is 9.90. The van der Waals surface area contributed by atoms with Crippen LogP contribution in [0.15, 0.2) is 42.1 Å². The van der Waals surface area contributed by atoms with Crippen molar-refractivity contribution in [2.45, 2.75) is 26.2 Å². The number of benzene rings is 1. The van der Waals surface area contributed by atoms with Crippen molar-refractivity contribution in [2.24, 2.45) is 11.7 Å². The van der Waals surface area contributed by atoms with Crippen molar-refractivity contribution in [1.82, 2.24) is 9.80 Å². The summed E-state index contributed by atoms with van der Waals surface area (Å²) in [6.45, 7) is 3.21. The molecule has 0 bridgehead atoms. The van der Waals surface area contributed by atoms with Gasteiger partial charge in [0.05, 0.1) is 0 Å². The Morgan fingerprint density at radius 2 is 1.96 bits per heavy atom. The zero-order valence-electron chi connectivity index (χ0n) is 15.2. The Morgan fingerprint density at radius 3 is 2.50 bits per heavy atom. The first-order valence-corrected chi connectivity index (χ1v) is 8.97. The summed E-state index contributed by atoms with van der Waals surface area (Å²) in [5.41, 5.74) is 6.78. The molecule has 1 heterocycles. The third kappa shape index (κ3) is 5.43. The van der Waals surface area contributed by atoms with Gasteiger partial charge in [-0.05, 0) is 30.7 Å². The molecule has 0 aliphatic carbocycles. The fraction of sp³-hybridized carbons (Fsp3) is 0.450. The van der Waals surface area contributed by atoms with Crippen molar-refractivity contribution in [2.75, 3.05) is 26.2 Å². The molecule has 2 N–H and O–H groups in total. The number of hydrogen-bond acceptors (Lipinski definition) is 4. The van der Waals surface area contributed by atoms with Gasteiger partial charge in [0.2, 0.25) is 5.91 Å². The molecule has 0 unspecified atom stereocenters. The van der Waals surface area contributed by atoms with E-state index in [1.165, 1.54) is 23.6 Å². The summed E-state index contributed by atoms with van der Waals surface area (Å²) in [5.74, 6) is -0.00609. The smallest absolute Gasteiger partial charge is 0.266 e. The maximum Gasteiger partial charge on any atom is 0.266 e. The highest BCUT2D eigenvalue weighted by atomic mass is 16.2. The predicted molar refractivity (Wildman–Crippen MR) is 99.6 cm³/mol. The summed E-state index contributed by atoms with van der Waals surface area (Å²) < 4.78 is 0. The monoisotopic (exact) mass is 354 g/mol. The van der Waals surface area contributed by atoms with Crippen LogP contribution < -0.4 is 5.73 Å². The Labute approximate surface area is 154 Å². The van der Waals surface area contributed by atoms with Crippen LogP contribution in [-0.4, -0.2) is 47.8 Å². The number of nitrogens with zero attached hydrogens (tertiary/aromatic N) is 3. The Balaban J connectivity index is 1.95. The molecule has 0 atom stereocenters. The number of likely N-dealkylation sites (tertiary alicyclic amines) is 1. The minimum atomic E-state index is -0.311. The molecule has 1 fully saturated rings. The normalized spacial score (nSPS) is 15.4. The van der Waals surface area contributed by atoms with Crippen LogP contribution in [0.4, 0.5) is 0 Å². The molecule has 6 nitrogen and oxygen atoms in total. The molecular formula is C20H26N4O2. The topological polar surface area (TPSA) is 90.4 Å². The van der Waals surface area contributed by atoms with Gasteiger partial charge in [-0.15, -0.1) is 0 Å². The molecule has 0 spiro atoms. The summed E-state index contributed by atoms with van der Waals surface area (Å²) in [5, 5.41) is 9.34. The number of rotatable bonds is 6. The van der Waals surface area contributed by atoms with Crippen LogP contribution in [0.3, 0.4) is 0 Å². The highest BCUT2D eigenvalue weighted by molar-refractivity contribution is 5.97. The van der Waals surface area contributed by atoms with E-state index in [1.807, 2.05) is 24.3 Å². The molecule has 1 aromatic rings. The Kier molecular flexibility index (Phi) is 7.37. The minimum absolute atomic E-state index is 0.0184. The van der Waals surface area contributed by atoms with Gasteiger partial charge in [-0.25, -0.2) is 0 Å². The second-order valence-corrected chi connectivity index (χ2v) is 6.58. The Bertz CT molecular complexity index is 686. The van der Waals surface area contributed by atoms with Crippen LogP contribution in [-0.2, 0) is 16.0 Å². The van der Waals surface area contributed by atoms with Crippen LogP contribution in [0.2, 0.25) is 0 Å². The molecule has 0 saturated carbocycles. The molecule has 6 heteroatoms. The van der Waals surface area contributed by atoms with Gasteiger partial charge in [-0.2, -0.15) is 5.26 Å². The number of nitrogens with two attached hydrogens (primary N) is 1. The van der Waals surface area contributed by atoms with Crippen LogP contribution in [0.1, 0.15) is 25.3 Å². The van der Waals surface area contributed by atoms with Gasteiger partial charge in [0.25, 0.3) is 5.91 Å². The van der Waals surface area contributed by atoms with Crippen molar-refractivity contribution in [3.05, 3.63) is 47.7 Å². The summed E-state index contributed by atoms with van der Waals surface area (Å²) in [6, 6.07) is 12.3. The van der Waals surface area contributed by atoms with Gasteiger partial charge in [-0.1, -0.05) is 30.3 Å². The van der Waals surface area contributed by atoms with E-state index in [4.69, 9.17) is 5.73 Å². The average molecular weight is 354 g/mol. The maximum atomic E-state index is 12.6. The fourth-order valence-corrected chi connectivity index (χ4v) is 3.20. The third-order valence-electron chi connectivity index (χ3n) is 4.68. The van der Waals surface area contributed by atoms with Crippen molar-refractivity contribution in [3.63, 3.8) is 0 Å². The Hall–Kier alpha value is -2.65. The summed E-state index contributed by atoms with van der Waals surface area (Å²) in [4.78, 5) is 27.2. The molecular weight excluding hydrogens is 328 g/mol. The number of piperidine rings is 1. The number of carbonyl (C=O) groups excluding carboxylic acids is 2. The molecule has 0 radical (unpaired) electrons. The molecule has 1 saturated heterocycles. The average Bonchev–Trinajstić information content (AvgIpc) is 2.66. The van der Waals surface area contributed by atoms with E-state index in [2.05, 4.69) is 12.1 Å². The van der Waals surface area contributed by atoms with Crippen LogP contribution in [0.25, 0.3) is 0 Å². The first-order valence-electron chi connectivity index (χ1n) is 8.97. The molecule has 1 aliphatic rings. The van der Waals surface area contributed by atoms with E-state index in [0.29, 0.717) is 19.0 Å². The molecule has 26 heavy (non-hydrogen) atoms. The third-order valence-corrected chi connectivity index (χ3v) is 4.68. The summed E-state index contributed by atoms with van der Waals surface area (Å²) in [6.07, 6.45) is 4.17. The summed E-state index contributed by atoms with van der Waals surface area (Å²) in [7, 11) is 0. The number of amides is 2. The highest BCUT2D eigenvalue weighted by Gasteiger charge is 2.25. The van der Waals surface area contributed by atoms with E-state index in [-0.39, 0.29) is 30.5 Å². The van der Waals surface area contributed by atoms with Gasteiger partial charge in [0.15, 0.2) is 0 Å². The van der Waals surface area contributed by atoms with Crippen molar-refractivity contribution in [3.8, 4) is 6.07 Å². The van der Waals surface area contributed by atoms with E-state index >= 15 is 0 Å². The lowest BCUT2D eigenvalue weighted by Gasteiger charge is -2.32. The quantitative estimate of drug-likeness (QED) is 0.622. The number of nitriles is 1. The van der Waals surface area contributed by atoms with Crippen LogP contribution in [0, 0.1) is 17.2 Å². The van der Waals surface area contributed by atoms with Crippen LogP contribution >= 0.6 is 0 Å². The number of carbonyl (C=O) groups is 2. The van der Waals surface area contributed by atoms with Crippen LogP contribution in [0.5, 0.6) is 0 Å². The minimum Gasteiger partial charge on any atom is -0.338 e. The van der Waals surface area contributed by atoms with Gasteiger partial charge < -0.3 is 15.5 Å². The van der Waals surface area contributed by atoms with Crippen molar-refractivity contribution >= 4 is 11.8 Å². The zero-order chi connectivity index (χ0) is 18.9. The molecule has 2 amide bonds. The van der Waals surface area contributed by atoms with E-state index in [1.54, 1.807) is 4.90 Å². The van der Waals surface area contributed by atoms with E-state index in [9.17, 15) is 14.9 Å². The lowest BCUT2D eigenvalue weighted by molar-refractivity contribution is -0.128. The van der Waals surface area contributed by atoms with Crippen molar-refractivity contribution < 1.29 is 9.59 Å². The van der Waals surface area contributed by atoms with Gasteiger partial charge in [-0.3, -0.25) is 9.59 Å². The molecule has 0 aromatic heterocycles. The lowest BCUT2D eigenvalue weighted by Crippen LogP contribution is -2.40. The van der Waals surface area contributed by atoms with Gasteiger partial charge in [0.1, 0.15) is 11.6 Å². The first kappa shape index (κ1) is 19.7. The molecule has 1 aliphatic heterocycles. The van der Waals surface area contributed by atoms with Crippen molar-refractivity contribution in [1.29, 1.82) is 5.26 Å². The van der Waals surface area contributed by atoms with E-state index in [0.717, 1.165) is 19.3 Å². The summed E-state index contributed by atoms with van der Waals surface area (Å²) >= 11 is 0. The second-order valence-electron chi connectivity index (χ2n) is 6.58. The highest BCUT2D eigenvalue weighted by Crippen LogP contribution is 2.22.